The van der Waals surface area contributed by atoms with Crippen molar-refractivity contribution in [2.75, 3.05) is 0 Å². The van der Waals surface area contributed by atoms with Gasteiger partial charge in [-0.05, 0) is 60.1 Å². The number of carboxylic acids is 2. The van der Waals surface area contributed by atoms with Crippen molar-refractivity contribution in [2.45, 2.75) is 64.6 Å². The van der Waals surface area contributed by atoms with Gasteiger partial charge in [0.2, 0.25) is 0 Å². The van der Waals surface area contributed by atoms with Crippen LogP contribution >= 0.6 is 0 Å². The molecule has 8 heteroatoms. The van der Waals surface area contributed by atoms with E-state index in [-0.39, 0.29) is 35.5 Å². The zero-order valence-corrected chi connectivity index (χ0v) is 25.7. The molecule has 0 saturated carbocycles. The molecule has 8 nitrogen and oxygen atoms in total. The molecule has 4 rings (SSSR count). The summed E-state index contributed by atoms with van der Waals surface area (Å²) in [5, 5.41) is 19.4. The highest BCUT2D eigenvalue weighted by Crippen LogP contribution is 2.23. The molecule has 46 heavy (non-hydrogen) atoms. The van der Waals surface area contributed by atoms with Crippen molar-refractivity contribution in [2.24, 2.45) is 0 Å². The van der Waals surface area contributed by atoms with Crippen molar-refractivity contribution in [1.82, 2.24) is 0 Å². The maximum Gasteiger partial charge on any atom is 0.339 e. The first-order chi connectivity index (χ1) is 22.3. The van der Waals surface area contributed by atoms with Crippen molar-refractivity contribution in [3.8, 4) is 0 Å². The van der Waals surface area contributed by atoms with E-state index in [0.717, 1.165) is 49.7 Å². The second-order valence-corrected chi connectivity index (χ2v) is 11.0. The van der Waals surface area contributed by atoms with Crippen LogP contribution in [0.3, 0.4) is 0 Å². The van der Waals surface area contributed by atoms with Gasteiger partial charge in [-0.25, -0.2) is 19.2 Å². The lowest BCUT2D eigenvalue weighted by atomic mass is 9.95. The Morgan fingerprint density at radius 1 is 0.457 bits per heavy atom. The molecule has 0 aromatic heterocycles. The number of aryl methyl sites for hydroxylation is 2. The van der Waals surface area contributed by atoms with E-state index < -0.39 is 23.9 Å². The van der Waals surface area contributed by atoms with Crippen LogP contribution in [0.2, 0.25) is 0 Å². The second kappa shape index (κ2) is 17.3. The zero-order chi connectivity index (χ0) is 32.7. The Labute approximate surface area is 268 Å². The third kappa shape index (κ3) is 9.63. The number of aromatic carboxylic acids is 2. The number of carbonyl (C=O) groups excluding carboxylic acids is 2. The average molecular weight is 623 g/mol. The van der Waals surface area contributed by atoms with Crippen LogP contribution in [0, 0.1) is 0 Å². The van der Waals surface area contributed by atoms with Gasteiger partial charge in [0, 0.05) is 0 Å². The molecular weight excluding hydrogens is 584 g/mol. The molecule has 0 fully saturated rings. The molecule has 0 saturated heterocycles. The summed E-state index contributed by atoms with van der Waals surface area (Å²) in [6, 6.07) is 28.2. The van der Waals surface area contributed by atoms with E-state index in [1.165, 1.54) is 12.1 Å². The number of esters is 2. The third-order valence-electron chi connectivity index (χ3n) is 7.74. The molecule has 0 aliphatic heterocycles. The lowest BCUT2D eigenvalue weighted by molar-refractivity contribution is 0.0456. The van der Waals surface area contributed by atoms with Gasteiger partial charge >= 0.3 is 23.9 Å². The minimum Gasteiger partial charge on any atom is -0.478 e. The molecule has 0 heterocycles. The van der Waals surface area contributed by atoms with E-state index in [2.05, 4.69) is 0 Å². The van der Waals surface area contributed by atoms with Crippen LogP contribution in [0.1, 0.15) is 102 Å². The molecule has 0 unspecified atom stereocenters. The van der Waals surface area contributed by atoms with Crippen LogP contribution in [0.25, 0.3) is 0 Å². The first-order valence-electron chi connectivity index (χ1n) is 15.5. The maximum atomic E-state index is 13.0. The van der Waals surface area contributed by atoms with E-state index in [9.17, 15) is 29.4 Å². The summed E-state index contributed by atoms with van der Waals surface area (Å²) in [4.78, 5) is 49.7. The average Bonchev–Trinajstić information content (AvgIpc) is 3.07. The van der Waals surface area contributed by atoms with Crippen molar-refractivity contribution >= 4 is 23.9 Å². The Balaban J connectivity index is 1.26. The Kier molecular flexibility index (Phi) is 12.7. The maximum absolute atomic E-state index is 13.0. The molecule has 0 radical (unpaired) electrons. The highest BCUT2D eigenvalue weighted by molar-refractivity contribution is 6.04. The van der Waals surface area contributed by atoms with Gasteiger partial charge in [-0.2, -0.15) is 0 Å². The highest BCUT2D eigenvalue weighted by Gasteiger charge is 2.23. The van der Waals surface area contributed by atoms with Crippen LogP contribution in [0.4, 0.5) is 0 Å². The summed E-state index contributed by atoms with van der Waals surface area (Å²) in [6.07, 6.45) is 6.31. The van der Waals surface area contributed by atoms with E-state index in [1.54, 1.807) is 24.3 Å². The summed E-state index contributed by atoms with van der Waals surface area (Å²) < 4.78 is 10.9. The molecule has 0 bridgehead atoms. The Hall–Kier alpha value is -5.24. The number of unbranched alkanes of at least 4 members (excludes halogenated alkanes) is 5. The highest BCUT2D eigenvalue weighted by atomic mass is 16.5. The first kappa shape index (κ1) is 33.6. The van der Waals surface area contributed by atoms with Crippen LogP contribution in [-0.4, -0.2) is 34.1 Å². The summed E-state index contributed by atoms with van der Waals surface area (Å²) in [7, 11) is 0. The number of hydrogen-bond donors (Lipinski definition) is 2. The van der Waals surface area contributed by atoms with Crippen LogP contribution in [-0.2, 0) is 35.5 Å². The Morgan fingerprint density at radius 3 is 1.20 bits per heavy atom. The van der Waals surface area contributed by atoms with Crippen LogP contribution in [0.15, 0.2) is 97.1 Å². The minimum atomic E-state index is -1.17. The van der Waals surface area contributed by atoms with Gasteiger partial charge in [0.25, 0.3) is 0 Å². The lowest BCUT2D eigenvalue weighted by Gasteiger charge is -2.13. The van der Waals surface area contributed by atoms with Crippen molar-refractivity contribution in [3.63, 3.8) is 0 Å². The largest absolute Gasteiger partial charge is 0.478 e. The van der Waals surface area contributed by atoms with E-state index in [0.29, 0.717) is 24.0 Å². The van der Waals surface area contributed by atoms with Gasteiger partial charge in [0.15, 0.2) is 0 Å². The smallest absolute Gasteiger partial charge is 0.339 e. The predicted octanol–water partition coefficient (Wildman–Crippen LogP) is 7.92. The van der Waals surface area contributed by atoms with Gasteiger partial charge < -0.3 is 19.7 Å². The molecule has 0 spiro atoms. The summed E-state index contributed by atoms with van der Waals surface area (Å²) in [6.45, 7) is 0.119. The van der Waals surface area contributed by atoms with Crippen LogP contribution in [0.5, 0.6) is 0 Å². The van der Waals surface area contributed by atoms with E-state index in [1.807, 2.05) is 60.7 Å². The van der Waals surface area contributed by atoms with Gasteiger partial charge in [0.05, 0.1) is 22.3 Å². The fourth-order valence-electron chi connectivity index (χ4n) is 5.38. The summed E-state index contributed by atoms with van der Waals surface area (Å²) >= 11 is 0. The van der Waals surface area contributed by atoms with Crippen molar-refractivity contribution < 1.29 is 38.9 Å². The van der Waals surface area contributed by atoms with Crippen LogP contribution < -0.4 is 0 Å². The predicted molar refractivity (Wildman–Crippen MR) is 173 cm³/mol. The number of benzene rings is 4. The summed E-state index contributed by atoms with van der Waals surface area (Å²) in [5.41, 5.74) is 3.03. The number of carboxylic acid groups (broad SMARTS) is 2. The third-order valence-corrected chi connectivity index (χ3v) is 7.74. The molecule has 0 amide bonds. The van der Waals surface area contributed by atoms with Gasteiger partial charge in [-0.1, -0.05) is 111 Å². The number of hydrogen-bond acceptors (Lipinski definition) is 6. The topological polar surface area (TPSA) is 127 Å². The monoisotopic (exact) mass is 622 g/mol. The van der Waals surface area contributed by atoms with Gasteiger partial charge in [-0.3, -0.25) is 0 Å². The molecule has 0 atom stereocenters. The number of rotatable bonds is 17. The zero-order valence-electron chi connectivity index (χ0n) is 25.7. The van der Waals surface area contributed by atoms with Crippen molar-refractivity contribution in [1.29, 1.82) is 0 Å². The fourth-order valence-corrected chi connectivity index (χ4v) is 5.38. The minimum absolute atomic E-state index is 0.0596. The number of carbonyl (C=O) groups is 4. The van der Waals surface area contributed by atoms with Gasteiger partial charge in [-0.15, -0.1) is 0 Å². The first-order valence-corrected chi connectivity index (χ1v) is 15.5. The SMILES string of the molecule is O=C(O)c1cccc(CCCCCCCCc2cccc(C(=O)O)c2C(=O)OCc2ccccc2)c1C(=O)OCc1ccccc1. The number of ether oxygens (including phenoxy) is 2. The standard InChI is InChI=1S/C38H38O8/c39-35(40)31-23-13-21-29(33(31)37(43)45-25-27-15-7-5-8-16-27)19-11-3-1-2-4-12-20-30-22-14-24-32(36(41)42)34(30)38(44)46-26-28-17-9-6-10-18-28/h5-10,13-18,21-24H,1-4,11-12,19-20,25-26H2,(H,39,40)(H,41,42). The molecular formula is C38H38O8. The molecule has 4 aromatic rings. The molecule has 4 aromatic carbocycles. The second-order valence-electron chi connectivity index (χ2n) is 11.0. The Bertz CT molecular complexity index is 1510. The quantitative estimate of drug-likeness (QED) is 0.0898. The lowest BCUT2D eigenvalue weighted by Crippen LogP contribution is -2.15. The molecule has 0 aliphatic carbocycles. The van der Waals surface area contributed by atoms with E-state index in [4.69, 9.17) is 9.47 Å². The summed E-state index contributed by atoms with van der Waals surface area (Å²) in [5.74, 6) is -3.63. The van der Waals surface area contributed by atoms with Crippen molar-refractivity contribution in [3.05, 3.63) is 142 Å². The normalized spacial score (nSPS) is 10.7. The van der Waals surface area contributed by atoms with Gasteiger partial charge in [0.1, 0.15) is 13.2 Å². The molecule has 0 aliphatic rings. The van der Waals surface area contributed by atoms with E-state index >= 15 is 0 Å². The Morgan fingerprint density at radius 2 is 0.826 bits per heavy atom. The molecule has 238 valence electrons. The fraction of sp³-hybridized carbons (Fsp3) is 0.263. The molecule has 2 N–H and O–H groups in total.